The number of anilines is 2. The molecule has 1 aromatic carbocycles. The van der Waals surface area contributed by atoms with Crippen molar-refractivity contribution in [3.8, 4) is 0 Å². The molecule has 2 N–H and O–H groups in total. The summed E-state index contributed by atoms with van der Waals surface area (Å²) in [6.45, 7) is 0. The van der Waals surface area contributed by atoms with Gasteiger partial charge in [-0.3, -0.25) is 9.59 Å². The predicted octanol–water partition coefficient (Wildman–Crippen LogP) is 3.26. The molecule has 2 amide bonds. The van der Waals surface area contributed by atoms with Gasteiger partial charge in [0.2, 0.25) is 11.8 Å². The largest absolute Gasteiger partial charge is 0.326 e. The lowest BCUT2D eigenvalue weighted by atomic mass is 9.89. The van der Waals surface area contributed by atoms with E-state index >= 15 is 0 Å². The summed E-state index contributed by atoms with van der Waals surface area (Å²) >= 11 is 5.70. The molecule has 2 aromatic rings. The van der Waals surface area contributed by atoms with E-state index in [1.807, 2.05) is 24.3 Å². The second-order valence-corrected chi connectivity index (χ2v) is 5.89. The summed E-state index contributed by atoms with van der Waals surface area (Å²) in [5.74, 6) is -0.343. The highest BCUT2D eigenvalue weighted by Crippen LogP contribution is 2.27. The molecule has 6 heteroatoms. The van der Waals surface area contributed by atoms with E-state index in [0.29, 0.717) is 23.7 Å². The third-order valence-corrected chi connectivity index (χ3v) is 4.07. The van der Waals surface area contributed by atoms with E-state index in [1.165, 1.54) is 6.20 Å². The average Bonchev–Trinajstić information content (AvgIpc) is 2.55. The molecule has 23 heavy (non-hydrogen) atoms. The lowest BCUT2D eigenvalue weighted by Gasteiger charge is -2.24. The average molecular weight is 330 g/mol. The first-order valence-corrected chi connectivity index (χ1v) is 7.80. The number of aromatic nitrogens is 1. The first kappa shape index (κ1) is 15.5. The number of nitrogens with zero attached hydrogens (tertiary/aromatic N) is 1. The van der Waals surface area contributed by atoms with Crippen LogP contribution < -0.4 is 10.6 Å². The standard InChI is InChI=1S/C17H16ClN3O2/c18-15-7-6-13(10-19-15)20-16(22)8-5-12-9-11-3-1-2-4-14(11)21-17(12)23/h1-4,6-7,10,12H,5,8-9H2,(H,20,22)(H,21,23)/t12-/m0/s1. The van der Waals surface area contributed by atoms with Gasteiger partial charge in [-0.05, 0) is 36.6 Å². The number of hydrogen-bond donors (Lipinski definition) is 2. The molecule has 118 valence electrons. The van der Waals surface area contributed by atoms with Crippen LogP contribution in [0.25, 0.3) is 0 Å². The fourth-order valence-corrected chi connectivity index (χ4v) is 2.74. The van der Waals surface area contributed by atoms with Crippen molar-refractivity contribution in [1.82, 2.24) is 4.98 Å². The van der Waals surface area contributed by atoms with Crippen molar-refractivity contribution in [3.05, 3.63) is 53.3 Å². The number of amides is 2. The highest BCUT2D eigenvalue weighted by molar-refractivity contribution is 6.29. The van der Waals surface area contributed by atoms with Gasteiger partial charge in [0, 0.05) is 18.0 Å². The number of nitrogens with one attached hydrogen (secondary N) is 2. The zero-order chi connectivity index (χ0) is 16.2. The number of pyridine rings is 1. The molecular weight excluding hydrogens is 314 g/mol. The Morgan fingerprint density at radius 2 is 2.13 bits per heavy atom. The summed E-state index contributed by atoms with van der Waals surface area (Å²) in [6.07, 6.45) is 2.96. The van der Waals surface area contributed by atoms with Gasteiger partial charge in [0.1, 0.15) is 5.15 Å². The van der Waals surface area contributed by atoms with Crippen LogP contribution in [0.4, 0.5) is 11.4 Å². The zero-order valence-corrected chi connectivity index (χ0v) is 13.1. The number of carbonyl (C=O) groups is 2. The maximum atomic E-state index is 12.1. The summed E-state index contributed by atoms with van der Waals surface area (Å²) in [6, 6.07) is 11.0. The van der Waals surface area contributed by atoms with Crippen molar-refractivity contribution in [2.45, 2.75) is 19.3 Å². The number of para-hydroxylation sites is 1. The van der Waals surface area contributed by atoms with Crippen LogP contribution in [-0.2, 0) is 16.0 Å². The Morgan fingerprint density at radius 3 is 2.91 bits per heavy atom. The molecule has 0 saturated carbocycles. The summed E-state index contributed by atoms with van der Waals surface area (Å²) < 4.78 is 0. The van der Waals surface area contributed by atoms with Crippen molar-refractivity contribution in [2.24, 2.45) is 5.92 Å². The molecule has 3 rings (SSSR count). The van der Waals surface area contributed by atoms with Gasteiger partial charge in [-0.15, -0.1) is 0 Å². The maximum Gasteiger partial charge on any atom is 0.227 e. The fraction of sp³-hybridized carbons (Fsp3) is 0.235. The number of hydrogen-bond acceptors (Lipinski definition) is 3. The van der Waals surface area contributed by atoms with E-state index in [1.54, 1.807) is 12.1 Å². The van der Waals surface area contributed by atoms with Crippen LogP contribution in [0.15, 0.2) is 42.6 Å². The Bertz CT molecular complexity index is 731. The van der Waals surface area contributed by atoms with E-state index in [2.05, 4.69) is 15.6 Å². The Hall–Kier alpha value is -2.40. The molecule has 5 nitrogen and oxygen atoms in total. The van der Waals surface area contributed by atoms with Gasteiger partial charge in [0.15, 0.2) is 0 Å². The highest BCUT2D eigenvalue weighted by atomic mass is 35.5. The second-order valence-electron chi connectivity index (χ2n) is 5.50. The number of benzene rings is 1. The number of halogens is 1. The first-order chi connectivity index (χ1) is 11.1. The summed E-state index contributed by atoms with van der Waals surface area (Å²) in [5.41, 5.74) is 2.57. The Kier molecular flexibility index (Phi) is 4.57. The number of rotatable bonds is 4. The minimum Gasteiger partial charge on any atom is -0.326 e. The molecule has 0 unspecified atom stereocenters. The van der Waals surface area contributed by atoms with E-state index in [9.17, 15) is 9.59 Å². The number of fused-ring (bicyclic) bond motifs is 1. The SMILES string of the molecule is O=C(CC[C@H]1Cc2ccccc2NC1=O)Nc1ccc(Cl)nc1. The van der Waals surface area contributed by atoms with Crippen molar-refractivity contribution in [3.63, 3.8) is 0 Å². The van der Waals surface area contributed by atoms with Crippen LogP contribution in [0.3, 0.4) is 0 Å². The second kappa shape index (κ2) is 6.79. The van der Waals surface area contributed by atoms with E-state index in [-0.39, 0.29) is 24.2 Å². The molecule has 1 aliphatic heterocycles. The molecule has 2 heterocycles. The highest BCUT2D eigenvalue weighted by Gasteiger charge is 2.26. The first-order valence-electron chi connectivity index (χ1n) is 7.42. The Labute approximate surface area is 139 Å². The lowest BCUT2D eigenvalue weighted by molar-refractivity contribution is -0.121. The molecule has 0 radical (unpaired) electrons. The molecule has 1 atom stereocenters. The quantitative estimate of drug-likeness (QED) is 0.846. The van der Waals surface area contributed by atoms with Gasteiger partial charge in [0.05, 0.1) is 11.9 Å². The topological polar surface area (TPSA) is 71.1 Å². The van der Waals surface area contributed by atoms with Crippen LogP contribution in [0.1, 0.15) is 18.4 Å². The molecule has 0 spiro atoms. The molecule has 0 bridgehead atoms. The van der Waals surface area contributed by atoms with Crippen molar-refractivity contribution >= 4 is 34.8 Å². The zero-order valence-electron chi connectivity index (χ0n) is 12.4. The summed E-state index contributed by atoms with van der Waals surface area (Å²) in [4.78, 5) is 28.0. The van der Waals surface area contributed by atoms with Crippen LogP contribution in [-0.4, -0.2) is 16.8 Å². The smallest absolute Gasteiger partial charge is 0.227 e. The van der Waals surface area contributed by atoms with Crippen molar-refractivity contribution in [1.29, 1.82) is 0 Å². The summed E-state index contributed by atoms with van der Waals surface area (Å²) in [7, 11) is 0. The molecule has 1 aliphatic rings. The van der Waals surface area contributed by atoms with E-state index < -0.39 is 0 Å². The van der Waals surface area contributed by atoms with Gasteiger partial charge in [-0.1, -0.05) is 29.8 Å². The summed E-state index contributed by atoms with van der Waals surface area (Å²) in [5, 5.41) is 6.02. The van der Waals surface area contributed by atoms with Crippen LogP contribution in [0.2, 0.25) is 5.15 Å². The minimum absolute atomic E-state index is 0.0235. The van der Waals surface area contributed by atoms with Crippen LogP contribution in [0, 0.1) is 5.92 Å². The molecular formula is C17H16ClN3O2. The molecule has 0 saturated heterocycles. The predicted molar refractivity (Wildman–Crippen MR) is 89.4 cm³/mol. The van der Waals surface area contributed by atoms with Crippen LogP contribution >= 0.6 is 11.6 Å². The van der Waals surface area contributed by atoms with Crippen LogP contribution in [0.5, 0.6) is 0 Å². The molecule has 0 fully saturated rings. The third kappa shape index (κ3) is 3.87. The maximum absolute atomic E-state index is 12.1. The molecule has 1 aromatic heterocycles. The van der Waals surface area contributed by atoms with E-state index in [4.69, 9.17) is 11.6 Å². The fourth-order valence-electron chi connectivity index (χ4n) is 2.62. The Morgan fingerprint density at radius 1 is 1.30 bits per heavy atom. The third-order valence-electron chi connectivity index (χ3n) is 3.84. The monoisotopic (exact) mass is 329 g/mol. The van der Waals surface area contributed by atoms with Gasteiger partial charge < -0.3 is 10.6 Å². The van der Waals surface area contributed by atoms with Crippen molar-refractivity contribution in [2.75, 3.05) is 10.6 Å². The van der Waals surface area contributed by atoms with Gasteiger partial charge in [-0.2, -0.15) is 0 Å². The van der Waals surface area contributed by atoms with Gasteiger partial charge >= 0.3 is 0 Å². The Balaban J connectivity index is 1.55. The van der Waals surface area contributed by atoms with Gasteiger partial charge in [0.25, 0.3) is 0 Å². The van der Waals surface area contributed by atoms with E-state index in [0.717, 1.165) is 11.3 Å². The number of carbonyl (C=O) groups excluding carboxylic acids is 2. The van der Waals surface area contributed by atoms with Gasteiger partial charge in [-0.25, -0.2) is 4.98 Å². The van der Waals surface area contributed by atoms with Crippen molar-refractivity contribution < 1.29 is 9.59 Å². The minimum atomic E-state index is -0.181. The normalized spacial score (nSPS) is 16.4. The lowest BCUT2D eigenvalue weighted by Crippen LogP contribution is -2.30. The molecule has 0 aliphatic carbocycles.